The van der Waals surface area contributed by atoms with Crippen molar-refractivity contribution >= 4 is 40.1 Å². The Hall–Kier alpha value is -2.47. The summed E-state index contributed by atoms with van der Waals surface area (Å²) in [6.45, 7) is 4.13. The quantitative estimate of drug-likeness (QED) is 0.338. The molecule has 0 N–H and O–H groups in total. The standard InChI is InChI=1S/C26H20INO2/c1-14-13-15(27)11-12-20(14)28-24(29)22-21-16-7-3-5-9-18(16)26(2,23(22)25(28)30)19-10-6-4-8-17(19)21/h3-13,21-23H,1-2H3/t21?,22-,23-,26?/m0/s1. The minimum Gasteiger partial charge on any atom is -0.274 e. The van der Waals surface area contributed by atoms with E-state index in [1.165, 1.54) is 27.2 Å². The van der Waals surface area contributed by atoms with E-state index in [0.29, 0.717) is 0 Å². The highest BCUT2D eigenvalue weighted by Gasteiger charge is 2.66. The van der Waals surface area contributed by atoms with Crippen LogP contribution in [0.3, 0.4) is 0 Å². The summed E-state index contributed by atoms with van der Waals surface area (Å²) < 4.78 is 1.09. The summed E-state index contributed by atoms with van der Waals surface area (Å²) in [5.74, 6) is -0.931. The molecule has 1 saturated heterocycles. The molecular formula is C26H20INO2. The number of aryl methyl sites for hydroxylation is 1. The molecular weight excluding hydrogens is 485 g/mol. The van der Waals surface area contributed by atoms with Crippen molar-refractivity contribution < 1.29 is 9.59 Å². The average molecular weight is 505 g/mol. The number of halogens is 1. The Kier molecular flexibility index (Phi) is 3.68. The van der Waals surface area contributed by atoms with Gasteiger partial charge >= 0.3 is 0 Å². The zero-order valence-corrected chi connectivity index (χ0v) is 18.9. The smallest absolute Gasteiger partial charge is 0.238 e. The van der Waals surface area contributed by atoms with Crippen LogP contribution >= 0.6 is 22.6 Å². The van der Waals surface area contributed by atoms with Gasteiger partial charge in [-0.15, -0.1) is 0 Å². The van der Waals surface area contributed by atoms with E-state index < -0.39 is 5.41 Å². The number of carbonyl (C=O) groups excluding carboxylic acids is 2. The topological polar surface area (TPSA) is 37.4 Å². The maximum atomic E-state index is 13.9. The third-order valence-corrected chi connectivity index (χ3v) is 8.11. The second kappa shape index (κ2) is 6.03. The predicted molar refractivity (Wildman–Crippen MR) is 125 cm³/mol. The highest BCUT2D eigenvalue weighted by atomic mass is 127. The van der Waals surface area contributed by atoms with E-state index in [0.717, 1.165) is 14.8 Å². The van der Waals surface area contributed by atoms with E-state index in [-0.39, 0.29) is 29.6 Å². The van der Waals surface area contributed by atoms with Crippen LogP contribution in [0.2, 0.25) is 0 Å². The molecule has 2 amide bonds. The first-order valence-electron chi connectivity index (χ1n) is 10.3. The van der Waals surface area contributed by atoms with Gasteiger partial charge in [-0.05, 0) is 75.5 Å². The van der Waals surface area contributed by atoms with Crippen molar-refractivity contribution in [2.24, 2.45) is 11.8 Å². The predicted octanol–water partition coefficient (Wildman–Crippen LogP) is 5.17. The Morgan fingerprint density at radius 2 is 1.47 bits per heavy atom. The lowest BCUT2D eigenvalue weighted by molar-refractivity contribution is -0.123. The summed E-state index contributed by atoms with van der Waals surface area (Å²) in [7, 11) is 0. The summed E-state index contributed by atoms with van der Waals surface area (Å²) >= 11 is 2.26. The van der Waals surface area contributed by atoms with Gasteiger partial charge in [-0.2, -0.15) is 0 Å². The van der Waals surface area contributed by atoms with Crippen molar-refractivity contribution in [2.75, 3.05) is 4.90 Å². The molecule has 0 radical (unpaired) electrons. The van der Waals surface area contributed by atoms with E-state index in [9.17, 15) is 9.59 Å². The van der Waals surface area contributed by atoms with Crippen LogP contribution in [0.25, 0.3) is 0 Å². The van der Waals surface area contributed by atoms with E-state index in [2.05, 4.69) is 53.8 Å². The van der Waals surface area contributed by atoms with E-state index >= 15 is 0 Å². The molecule has 1 aliphatic heterocycles. The largest absolute Gasteiger partial charge is 0.274 e. The van der Waals surface area contributed by atoms with Crippen LogP contribution in [0, 0.1) is 22.3 Å². The molecule has 4 aliphatic rings. The zero-order chi connectivity index (χ0) is 20.8. The lowest BCUT2D eigenvalue weighted by Crippen LogP contribution is -2.51. The first kappa shape index (κ1) is 18.3. The van der Waals surface area contributed by atoms with Crippen LogP contribution in [0.4, 0.5) is 5.69 Å². The average Bonchev–Trinajstić information content (AvgIpc) is 3.01. The minimum atomic E-state index is -0.509. The maximum absolute atomic E-state index is 13.9. The Bertz CT molecular complexity index is 1220. The number of anilines is 1. The highest BCUT2D eigenvalue weighted by molar-refractivity contribution is 14.1. The van der Waals surface area contributed by atoms with Gasteiger partial charge < -0.3 is 0 Å². The first-order valence-corrected chi connectivity index (χ1v) is 11.3. The van der Waals surface area contributed by atoms with Crippen molar-refractivity contribution in [1.82, 2.24) is 0 Å². The highest BCUT2D eigenvalue weighted by Crippen LogP contribution is 2.64. The van der Waals surface area contributed by atoms with Gasteiger partial charge in [0.15, 0.2) is 0 Å². The molecule has 1 heterocycles. The normalized spacial score (nSPS) is 28.4. The van der Waals surface area contributed by atoms with Crippen molar-refractivity contribution in [1.29, 1.82) is 0 Å². The Morgan fingerprint density at radius 1 is 0.867 bits per heavy atom. The summed E-state index contributed by atoms with van der Waals surface area (Å²) in [6, 6.07) is 22.7. The molecule has 2 atom stereocenters. The number of rotatable bonds is 1. The van der Waals surface area contributed by atoms with Crippen molar-refractivity contribution in [3.05, 3.63) is 98.1 Å². The number of amides is 2. The third kappa shape index (κ3) is 2.05. The number of carbonyl (C=O) groups is 2. The molecule has 0 spiro atoms. The Morgan fingerprint density at radius 3 is 2.07 bits per heavy atom. The monoisotopic (exact) mass is 505 g/mol. The molecule has 0 saturated carbocycles. The van der Waals surface area contributed by atoms with Gasteiger partial charge in [-0.1, -0.05) is 55.5 Å². The number of hydrogen-bond donors (Lipinski definition) is 0. The van der Waals surface area contributed by atoms with Crippen LogP contribution in [0.1, 0.15) is 40.7 Å². The lowest BCUT2D eigenvalue weighted by Gasteiger charge is -2.52. The second-order valence-corrected chi connectivity index (χ2v) is 10.0. The summed E-state index contributed by atoms with van der Waals surface area (Å²) in [5.41, 5.74) is 5.94. The van der Waals surface area contributed by atoms with E-state index in [4.69, 9.17) is 0 Å². The number of nitrogens with zero attached hydrogens (tertiary/aromatic N) is 1. The minimum absolute atomic E-state index is 0.0606. The van der Waals surface area contributed by atoms with Crippen molar-refractivity contribution in [2.45, 2.75) is 25.2 Å². The molecule has 4 heteroatoms. The second-order valence-electron chi connectivity index (χ2n) is 8.80. The molecule has 3 aromatic carbocycles. The fourth-order valence-electron chi connectivity index (χ4n) is 6.26. The molecule has 3 aromatic rings. The lowest BCUT2D eigenvalue weighted by atomic mass is 9.48. The third-order valence-electron chi connectivity index (χ3n) is 7.44. The van der Waals surface area contributed by atoms with Crippen LogP contribution < -0.4 is 4.90 Å². The molecule has 1 fully saturated rings. The van der Waals surface area contributed by atoms with Crippen LogP contribution in [-0.4, -0.2) is 11.8 Å². The van der Waals surface area contributed by atoms with Crippen molar-refractivity contribution in [3.63, 3.8) is 0 Å². The molecule has 0 aromatic heterocycles. The first-order chi connectivity index (χ1) is 14.4. The van der Waals surface area contributed by atoms with Crippen molar-refractivity contribution in [3.8, 4) is 0 Å². The fourth-order valence-corrected chi connectivity index (χ4v) is 6.91. The molecule has 3 nitrogen and oxygen atoms in total. The van der Waals surface area contributed by atoms with Gasteiger partial charge in [0.1, 0.15) is 0 Å². The van der Waals surface area contributed by atoms with Crippen LogP contribution in [-0.2, 0) is 15.0 Å². The van der Waals surface area contributed by atoms with Gasteiger partial charge in [-0.25, -0.2) is 4.90 Å². The van der Waals surface area contributed by atoms with E-state index in [1.807, 2.05) is 49.4 Å². The molecule has 2 bridgehead atoms. The summed E-state index contributed by atoms with van der Waals surface area (Å²) in [5, 5.41) is 0. The molecule has 0 unspecified atom stereocenters. The maximum Gasteiger partial charge on any atom is 0.238 e. The van der Waals surface area contributed by atoms with Crippen LogP contribution in [0.15, 0.2) is 66.7 Å². The molecule has 30 heavy (non-hydrogen) atoms. The van der Waals surface area contributed by atoms with Gasteiger partial charge in [0.25, 0.3) is 0 Å². The number of hydrogen-bond acceptors (Lipinski definition) is 2. The fraction of sp³-hybridized carbons (Fsp3) is 0.231. The van der Waals surface area contributed by atoms with Crippen LogP contribution in [0.5, 0.6) is 0 Å². The molecule has 7 rings (SSSR count). The van der Waals surface area contributed by atoms with Gasteiger partial charge in [0.2, 0.25) is 11.8 Å². The summed E-state index contributed by atoms with van der Waals surface area (Å²) in [6.07, 6.45) is 0. The molecule has 3 aliphatic carbocycles. The zero-order valence-electron chi connectivity index (χ0n) is 16.7. The summed E-state index contributed by atoms with van der Waals surface area (Å²) in [4.78, 5) is 29.2. The Labute approximate surface area is 189 Å². The van der Waals surface area contributed by atoms with Gasteiger partial charge in [-0.3, -0.25) is 9.59 Å². The van der Waals surface area contributed by atoms with E-state index in [1.54, 1.807) is 0 Å². The van der Waals surface area contributed by atoms with Gasteiger partial charge in [0, 0.05) is 14.9 Å². The molecule has 148 valence electrons. The van der Waals surface area contributed by atoms with Gasteiger partial charge in [0.05, 0.1) is 17.5 Å². The Balaban J connectivity index is 1.62. The SMILES string of the molecule is Cc1cc(I)ccc1N1C(=O)[C@@H]2[C@@H](C1=O)C1c3ccccc3C2(C)c2ccccc21. The number of imide groups is 1. The number of benzene rings is 3.